The average molecular weight is 286 g/mol. The minimum Gasteiger partial charge on any atom is -0.303 e. The Labute approximate surface area is 114 Å². The van der Waals surface area contributed by atoms with Gasteiger partial charge in [-0.1, -0.05) is 0 Å². The normalized spacial score (nSPS) is 21.6. The zero-order chi connectivity index (χ0) is 13.7. The van der Waals surface area contributed by atoms with Gasteiger partial charge in [0.1, 0.15) is 0 Å². The molecule has 1 aliphatic heterocycles. The molecule has 1 saturated heterocycles. The van der Waals surface area contributed by atoms with Crippen molar-refractivity contribution in [2.45, 2.75) is 25.2 Å². The predicted molar refractivity (Wildman–Crippen MR) is 74.5 cm³/mol. The second-order valence-electron chi connectivity index (χ2n) is 5.17. The van der Waals surface area contributed by atoms with Gasteiger partial charge in [0.15, 0.2) is 0 Å². The molecule has 0 amide bonds. The Balaban J connectivity index is 1.73. The van der Waals surface area contributed by atoms with E-state index in [1.165, 1.54) is 24.8 Å². The van der Waals surface area contributed by atoms with Crippen LogP contribution < -0.4 is 4.72 Å². The molecule has 2 heterocycles. The molecule has 0 aromatic carbocycles. The van der Waals surface area contributed by atoms with Crippen molar-refractivity contribution in [1.29, 1.82) is 0 Å². The van der Waals surface area contributed by atoms with Crippen LogP contribution in [0, 0.1) is 0 Å². The highest BCUT2D eigenvalue weighted by atomic mass is 32.2. The first kappa shape index (κ1) is 14.5. The minimum atomic E-state index is -3.06. The van der Waals surface area contributed by atoms with Crippen molar-refractivity contribution in [3.8, 4) is 0 Å². The fourth-order valence-electron chi connectivity index (χ4n) is 2.57. The zero-order valence-corrected chi connectivity index (χ0v) is 12.1. The number of aromatic amines is 1. The Bertz CT molecular complexity index is 472. The van der Waals surface area contributed by atoms with Gasteiger partial charge in [-0.25, -0.2) is 13.1 Å². The van der Waals surface area contributed by atoms with Crippen LogP contribution in [0.25, 0.3) is 0 Å². The van der Waals surface area contributed by atoms with Crippen LogP contribution in [-0.4, -0.2) is 55.9 Å². The minimum absolute atomic E-state index is 0.518. The molecule has 7 heteroatoms. The molecule has 2 N–H and O–H groups in total. The lowest BCUT2D eigenvalue weighted by atomic mass is 9.95. The maximum absolute atomic E-state index is 11.0. The molecular formula is C12H22N4O2S. The summed E-state index contributed by atoms with van der Waals surface area (Å²) in [6.45, 7) is 3.59. The fourth-order valence-corrected chi connectivity index (χ4v) is 3.08. The number of sulfonamides is 1. The Hall–Kier alpha value is -0.920. The van der Waals surface area contributed by atoms with Crippen LogP contribution in [0.3, 0.4) is 0 Å². The van der Waals surface area contributed by atoms with Crippen molar-refractivity contribution in [1.82, 2.24) is 19.8 Å². The van der Waals surface area contributed by atoms with Crippen molar-refractivity contribution >= 4 is 10.0 Å². The van der Waals surface area contributed by atoms with E-state index in [2.05, 4.69) is 19.8 Å². The molecule has 1 aromatic heterocycles. The zero-order valence-electron chi connectivity index (χ0n) is 11.3. The Kier molecular flexibility index (Phi) is 4.95. The van der Waals surface area contributed by atoms with E-state index in [-0.39, 0.29) is 0 Å². The van der Waals surface area contributed by atoms with Crippen molar-refractivity contribution < 1.29 is 8.42 Å². The largest absolute Gasteiger partial charge is 0.303 e. The smallest absolute Gasteiger partial charge is 0.208 e. The number of rotatable bonds is 6. The lowest BCUT2D eigenvalue weighted by molar-refractivity contribution is 0.204. The summed E-state index contributed by atoms with van der Waals surface area (Å²) in [6, 6.07) is 2.04. The molecule has 0 unspecified atom stereocenters. The van der Waals surface area contributed by atoms with Gasteiger partial charge >= 0.3 is 0 Å². The van der Waals surface area contributed by atoms with E-state index in [1.54, 1.807) is 6.20 Å². The number of hydrogen-bond acceptors (Lipinski definition) is 4. The third kappa shape index (κ3) is 4.93. The SMILES string of the molecule is CS(=O)(=O)NCCCN1CCC[C@H](c2ccn[nH]2)C1. The molecule has 1 aromatic rings. The van der Waals surface area contributed by atoms with E-state index in [1.807, 2.05) is 6.07 Å². The molecule has 0 saturated carbocycles. The molecule has 2 rings (SSSR count). The van der Waals surface area contributed by atoms with Gasteiger partial charge in [0.2, 0.25) is 10.0 Å². The van der Waals surface area contributed by atoms with E-state index < -0.39 is 10.0 Å². The summed E-state index contributed by atoms with van der Waals surface area (Å²) >= 11 is 0. The van der Waals surface area contributed by atoms with Gasteiger partial charge in [-0.15, -0.1) is 0 Å². The van der Waals surface area contributed by atoms with Crippen molar-refractivity contribution in [3.05, 3.63) is 18.0 Å². The summed E-state index contributed by atoms with van der Waals surface area (Å²) in [6.07, 6.45) is 6.22. The first-order valence-corrected chi connectivity index (χ1v) is 8.60. The topological polar surface area (TPSA) is 78.1 Å². The monoisotopic (exact) mass is 286 g/mol. The molecule has 108 valence electrons. The van der Waals surface area contributed by atoms with E-state index in [9.17, 15) is 8.42 Å². The number of nitrogens with zero attached hydrogens (tertiary/aromatic N) is 2. The summed E-state index contributed by atoms with van der Waals surface area (Å²) < 4.78 is 24.4. The van der Waals surface area contributed by atoms with Crippen LogP contribution in [0.15, 0.2) is 12.3 Å². The maximum atomic E-state index is 11.0. The quantitative estimate of drug-likeness (QED) is 0.748. The summed E-state index contributed by atoms with van der Waals surface area (Å²) in [5.41, 5.74) is 1.21. The molecule has 1 aliphatic rings. The van der Waals surface area contributed by atoms with Crippen LogP contribution in [-0.2, 0) is 10.0 Å². The molecule has 1 fully saturated rings. The van der Waals surface area contributed by atoms with Gasteiger partial charge in [-0.05, 0) is 38.4 Å². The Morgan fingerprint density at radius 1 is 1.58 bits per heavy atom. The van der Waals surface area contributed by atoms with Crippen molar-refractivity contribution in [2.24, 2.45) is 0 Å². The molecule has 0 spiro atoms. The molecular weight excluding hydrogens is 264 g/mol. The second-order valence-corrected chi connectivity index (χ2v) is 7.00. The number of H-pyrrole nitrogens is 1. The highest BCUT2D eigenvalue weighted by Gasteiger charge is 2.21. The molecule has 0 bridgehead atoms. The Morgan fingerprint density at radius 2 is 2.42 bits per heavy atom. The van der Waals surface area contributed by atoms with Gasteiger partial charge in [-0.3, -0.25) is 5.10 Å². The lowest BCUT2D eigenvalue weighted by Gasteiger charge is -2.32. The molecule has 1 atom stereocenters. The van der Waals surface area contributed by atoms with Crippen molar-refractivity contribution in [3.63, 3.8) is 0 Å². The number of piperidine rings is 1. The number of aromatic nitrogens is 2. The fraction of sp³-hybridized carbons (Fsp3) is 0.750. The van der Waals surface area contributed by atoms with Gasteiger partial charge < -0.3 is 4.90 Å². The van der Waals surface area contributed by atoms with Gasteiger partial charge in [0.25, 0.3) is 0 Å². The lowest BCUT2D eigenvalue weighted by Crippen LogP contribution is -2.36. The average Bonchev–Trinajstić information content (AvgIpc) is 2.88. The van der Waals surface area contributed by atoms with Crippen LogP contribution in [0.5, 0.6) is 0 Å². The predicted octanol–water partition coefficient (Wildman–Crippen LogP) is 0.528. The number of nitrogens with one attached hydrogen (secondary N) is 2. The third-order valence-corrected chi connectivity index (χ3v) is 4.21. The third-order valence-electron chi connectivity index (χ3n) is 3.48. The summed E-state index contributed by atoms with van der Waals surface area (Å²) in [7, 11) is -3.06. The van der Waals surface area contributed by atoms with Gasteiger partial charge in [0, 0.05) is 30.9 Å². The van der Waals surface area contributed by atoms with Crippen LogP contribution in [0.1, 0.15) is 30.9 Å². The molecule has 19 heavy (non-hydrogen) atoms. The standard InChI is InChI=1S/C12H22N4O2S/c1-19(17,18)14-6-3-9-16-8-2-4-11(10-16)12-5-7-13-15-12/h5,7,11,14H,2-4,6,8-10H2,1H3,(H,13,15)/t11-/m0/s1. The highest BCUT2D eigenvalue weighted by molar-refractivity contribution is 7.88. The second kappa shape index (κ2) is 6.49. The molecule has 0 aliphatic carbocycles. The maximum Gasteiger partial charge on any atom is 0.208 e. The first-order chi connectivity index (χ1) is 9.04. The number of likely N-dealkylation sites (tertiary alicyclic amines) is 1. The summed E-state index contributed by atoms with van der Waals surface area (Å²) in [5.74, 6) is 0.527. The number of hydrogen-bond donors (Lipinski definition) is 2. The Morgan fingerprint density at radius 3 is 3.11 bits per heavy atom. The van der Waals surface area contributed by atoms with E-state index in [0.29, 0.717) is 12.5 Å². The van der Waals surface area contributed by atoms with Crippen LogP contribution in [0.2, 0.25) is 0 Å². The summed E-state index contributed by atoms with van der Waals surface area (Å²) in [5, 5.41) is 7.05. The first-order valence-electron chi connectivity index (χ1n) is 6.71. The van der Waals surface area contributed by atoms with E-state index in [0.717, 1.165) is 26.1 Å². The van der Waals surface area contributed by atoms with Crippen molar-refractivity contribution in [2.75, 3.05) is 32.4 Å². The summed E-state index contributed by atoms with van der Waals surface area (Å²) in [4.78, 5) is 2.40. The molecule has 0 radical (unpaired) electrons. The van der Waals surface area contributed by atoms with Gasteiger partial charge in [-0.2, -0.15) is 5.10 Å². The van der Waals surface area contributed by atoms with E-state index in [4.69, 9.17) is 0 Å². The van der Waals surface area contributed by atoms with Crippen LogP contribution in [0.4, 0.5) is 0 Å². The van der Waals surface area contributed by atoms with Crippen LogP contribution >= 0.6 is 0 Å². The molecule has 6 nitrogen and oxygen atoms in total. The van der Waals surface area contributed by atoms with Gasteiger partial charge in [0.05, 0.1) is 6.26 Å². The highest BCUT2D eigenvalue weighted by Crippen LogP contribution is 2.24. The van der Waals surface area contributed by atoms with E-state index >= 15 is 0 Å².